The molecule has 5 heteroatoms. The van der Waals surface area contributed by atoms with Crippen molar-refractivity contribution in [2.75, 3.05) is 13.1 Å². The van der Waals surface area contributed by atoms with Crippen LogP contribution in [-0.4, -0.2) is 33.4 Å². The van der Waals surface area contributed by atoms with E-state index < -0.39 is 0 Å². The van der Waals surface area contributed by atoms with Gasteiger partial charge in [-0.15, -0.1) is 0 Å². The van der Waals surface area contributed by atoms with Gasteiger partial charge in [-0.1, -0.05) is 25.1 Å². The Balaban J connectivity index is 1.54. The van der Waals surface area contributed by atoms with Gasteiger partial charge in [-0.25, -0.2) is 0 Å². The third-order valence-corrected chi connectivity index (χ3v) is 6.79. The third kappa shape index (κ3) is 3.51. The molecule has 1 N–H and O–H groups in total. The molecule has 166 valence electrons. The van der Waals surface area contributed by atoms with E-state index in [0.29, 0.717) is 35.1 Å². The summed E-state index contributed by atoms with van der Waals surface area (Å²) < 4.78 is 8.37. The molecular weight excluding hydrogens is 400 g/mol. The Bertz CT molecular complexity index is 1240. The summed E-state index contributed by atoms with van der Waals surface area (Å²) in [7, 11) is 0. The van der Waals surface area contributed by atoms with Gasteiger partial charge in [0.2, 0.25) is 5.78 Å². The maximum atomic E-state index is 13.3. The maximum Gasteiger partial charge on any atom is 0.232 e. The maximum absolute atomic E-state index is 13.3. The van der Waals surface area contributed by atoms with Crippen molar-refractivity contribution in [3.63, 3.8) is 0 Å². The Morgan fingerprint density at radius 3 is 2.88 bits per heavy atom. The molecule has 3 heterocycles. The van der Waals surface area contributed by atoms with Gasteiger partial charge < -0.3 is 14.4 Å². The van der Waals surface area contributed by atoms with E-state index in [1.165, 1.54) is 6.42 Å². The first kappa shape index (κ1) is 20.8. The largest absolute Gasteiger partial charge is 0.507 e. The zero-order valence-corrected chi connectivity index (χ0v) is 19.0. The summed E-state index contributed by atoms with van der Waals surface area (Å²) >= 11 is 0. The number of carbonyl (C=O) groups is 1. The van der Waals surface area contributed by atoms with Crippen LogP contribution in [0, 0.1) is 12.8 Å². The lowest BCUT2D eigenvalue weighted by Crippen LogP contribution is -2.33. The fraction of sp³-hybridized carbons (Fsp3) is 0.370. The Morgan fingerprint density at radius 1 is 1.28 bits per heavy atom. The number of ketones is 1. The molecule has 0 amide bonds. The summed E-state index contributed by atoms with van der Waals surface area (Å²) in [4.78, 5) is 15.7. The number of piperidine rings is 1. The molecule has 3 aromatic rings. The number of aryl methyl sites for hydroxylation is 2. The minimum atomic E-state index is -0.112. The number of hydrogen-bond donors (Lipinski definition) is 1. The van der Waals surface area contributed by atoms with E-state index >= 15 is 0 Å². The van der Waals surface area contributed by atoms with E-state index in [9.17, 15) is 9.90 Å². The highest BCUT2D eigenvalue weighted by molar-refractivity contribution is 6.16. The zero-order chi connectivity index (χ0) is 22.4. The first-order chi connectivity index (χ1) is 15.5. The van der Waals surface area contributed by atoms with E-state index in [1.807, 2.05) is 25.1 Å². The van der Waals surface area contributed by atoms with E-state index in [0.717, 1.165) is 48.1 Å². The number of aromatic hydroxyl groups is 1. The Kier molecular flexibility index (Phi) is 5.30. The summed E-state index contributed by atoms with van der Waals surface area (Å²) in [6.07, 6.45) is 6.31. The number of ether oxygens (including phenoxy) is 1. The number of phenolic OH excluding ortho intramolecular Hbond substituents is 1. The number of Topliss-reactive ketones (excluding diaryl/α,β-unsaturated/α-hetero) is 1. The van der Waals surface area contributed by atoms with Crippen molar-refractivity contribution in [1.82, 2.24) is 9.47 Å². The minimum Gasteiger partial charge on any atom is -0.507 e. The van der Waals surface area contributed by atoms with Crippen molar-refractivity contribution in [2.45, 2.75) is 46.7 Å². The molecule has 32 heavy (non-hydrogen) atoms. The van der Waals surface area contributed by atoms with E-state index in [-0.39, 0.29) is 11.5 Å². The molecular formula is C27H30N2O3. The zero-order valence-electron chi connectivity index (χ0n) is 19.0. The molecule has 1 aromatic heterocycles. The van der Waals surface area contributed by atoms with Crippen LogP contribution < -0.4 is 4.74 Å². The number of fused-ring (bicyclic) bond motifs is 2. The van der Waals surface area contributed by atoms with Gasteiger partial charge in [-0.05, 0) is 62.9 Å². The van der Waals surface area contributed by atoms with Crippen LogP contribution in [0.25, 0.3) is 17.0 Å². The topological polar surface area (TPSA) is 54.7 Å². The lowest BCUT2D eigenvalue weighted by molar-refractivity contribution is 0.101. The Morgan fingerprint density at radius 2 is 2.09 bits per heavy atom. The van der Waals surface area contributed by atoms with Crippen LogP contribution in [0.2, 0.25) is 0 Å². The standard InChI is InChI=1S/C27H30N2O3/c1-4-29-15-19(20-9-5-6-10-22(20)29)13-24-26(31)25-18(3)12-23(30)21(27(25)32-24)16-28-11-7-8-17(2)14-28/h5-6,9-10,12-13,15,17,30H,4,7-8,11,14,16H2,1-3H3/b24-13+. The number of aromatic nitrogens is 1. The highest BCUT2D eigenvalue weighted by Crippen LogP contribution is 2.43. The molecule has 0 bridgehead atoms. The van der Waals surface area contributed by atoms with Gasteiger partial charge in [0.15, 0.2) is 5.76 Å². The van der Waals surface area contributed by atoms with Crippen LogP contribution in [0.15, 0.2) is 42.3 Å². The number of phenols is 1. The molecule has 2 aromatic carbocycles. The van der Waals surface area contributed by atoms with Crippen LogP contribution in [-0.2, 0) is 13.1 Å². The third-order valence-electron chi connectivity index (χ3n) is 6.79. The summed E-state index contributed by atoms with van der Waals surface area (Å²) in [5.41, 5.74) is 4.14. The SMILES string of the molecule is CCn1cc(/C=C2/Oc3c(CN4CCCC(C)C4)c(O)cc(C)c3C2=O)c2ccccc21. The molecule has 1 fully saturated rings. The van der Waals surface area contributed by atoms with Crippen LogP contribution in [0.5, 0.6) is 11.5 Å². The number of carbonyl (C=O) groups excluding carboxylic acids is 1. The van der Waals surface area contributed by atoms with Crippen molar-refractivity contribution in [1.29, 1.82) is 0 Å². The number of rotatable bonds is 4. The Hall–Kier alpha value is -3.05. The number of nitrogens with zero attached hydrogens (tertiary/aromatic N) is 2. The van der Waals surface area contributed by atoms with Gasteiger partial charge in [-0.2, -0.15) is 0 Å². The first-order valence-electron chi connectivity index (χ1n) is 11.6. The summed E-state index contributed by atoms with van der Waals surface area (Å²) in [5.74, 6) is 1.57. The van der Waals surface area contributed by atoms with E-state index in [1.54, 1.807) is 6.07 Å². The molecule has 0 saturated carbocycles. The number of likely N-dealkylation sites (tertiary alicyclic amines) is 1. The lowest BCUT2D eigenvalue weighted by Gasteiger charge is -2.31. The summed E-state index contributed by atoms with van der Waals surface area (Å²) in [6, 6.07) is 9.90. The van der Waals surface area contributed by atoms with Gasteiger partial charge >= 0.3 is 0 Å². The highest BCUT2D eigenvalue weighted by Gasteiger charge is 2.34. The van der Waals surface area contributed by atoms with Gasteiger partial charge in [0.05, 0.1) is 11.1 Å². The average molecular weight is 431 g/mol. The average Bonchev–Trinajstić information content (AvgIpc) is 3.29. The van der Waals surface area contributed by atoms with Crippen molar-refractivity contribution >= 4 is 22.8 Å². The van der Waals surface area contributed by atoms with Gasteiger partial charge in [0, 0.05) is 42.3 Å². The van der Waals surface area contributed by atoms with Gasteiger partial charge in [0.25, 0.3) is 0 Å². The van der Waals surface area contributed by atoms with Crippen molar-refractivity contribution in [3.05, 3.63) is 64.5 Å². The normalized spacial score (nSPS) is 20.2. The quantitative estimate of drug-likeness (QED) is 0.554. The lowest BCUT2D eigenvalue weighted by atomic mass is 9.97. The molecule has 1 unspecified atom stereocenters. The number of hydrogen-bond acceptors (Lipinski definition) is 4. The molecule has 2 aliphatic rings. The van der Waals surface area contributed by atoms with E-state index in [2.05, 4.69) is 41.6 Å². The first-order valence-corrected chi connectivity index (χ1v) is 11.6. The number of allylic oxidation sites excluding steroid dienone is 1. The highest BCUT2D eigenvalue weighted by atomic mass is 16.5. The van der Waals surface area contributed by atoms with Crippen molar-refractivity contribution < 1.29 is 14.6 Å². The minimum absolute atomic E-state index is 0.112. The van der Waals surface area contributed by atoms with Crippen LogP contribution in [0.4, 0.5) is 0 Å². The molecule has 0 spiro atoms. The monoisotopic (exact) mass is 430 g/mol. The second-order valence-corrected chi connectivity index (χ2v) is 9.21. The second-order valence-electron chi connectivity index (χ2n) is 9.21. The predicted octanol–water partition coefficient (Wildman–Crippen LogP) is 5.52. The molecule has 1 saturated heterocycles. The van der Waals surface area contributed by atoms with E-state index in [4.69, 9.17) is 4.74 Å². The number of para-hydroxylation sites is 1. The van der Waals surface area contributed by atoms with Crippen molar-refractivity contribution in [3.8, 4) is 11.5 Å². The van der Waals surface area contributed by atoms with Gasteiger partial charge in [0.1, 0.15) is 11.5 Å². The Labute approximate surface area is 188 Å². The summed E-state index contributed by atoms with van der Waals surface area (Å²) in [5, 5.41) is 11.8. The number of benzene rings is 2. The smallest absolute Gasteiger partial charge is 0.232 e. The molecule has 0 aliphatic carbocycles. The van der Waals surface area contributed by atoms with Crippen LogP contribution in [0.1, 0.15) is 53.7 Å². The van der Waals surface area contributed by atoms with Crippen LogP contribution >= 0.6 is 0 Å². The van der Waals surface area contributed by atoms with Crippen molar-refractivity contribution in [2.24, 2.45) is 5.92 Å². The fourth-order valence-corrected chi connectivity index (χ4v) is 5.18. The molecule has 5 nitrogen and oxygen atoms in total. The molecule has 2 aliphatic heterocycles. The van der Waals surface area contributed by atoms with Gasteiger partial charge in [-0.3, -0.25) is 9.69 Å². The fourth-order valence-electron chi connectivity index (χ4n) is 5.18. The second kappa shape index (κ2) is 8.14. The molecule has 0 radical (unpaired) electrons. The predicted molar refractivity (Wildman–Crippen MR) is 127 cm³/mol. The van der Waals surface area contributed by atoms with Crippen LogP contribution in [0.3, 0.4) is 0 Å². The molecule has 5 rings (SSSR count). The molecule has 1 atom stereocenters. The summed E-state index contributed by atoms with van der Waals surface area (Å²) in [6.45, 7) is 9.67.